The highest BCUT2D eigenvalue weighted by atomic mass is 16.3. The van der Waals surface area contributed by atoms with Crippen LogP contribution in [0.1, 0.15) is 15.9 Å². The molecule has 4 aromatic carbocycles. The highest BCUT2D eigenvalue weighted by Crippen LogP contribution is 2.31. The Morgan fingerprint density at radius 1 is 0.571 bits per heavy atom. The number of benzene rings is 4. The van der Waals surface area contributed by atoms with Crippen LogP contribution in [0.25, 0.3) is 22.3 Å². The number of phenolic OH excluding ortho intramolecular Hbond substituents is 2. The summed E-state index contributed by atoms with van der Waals surface area (Å²) < 4.78 is 0. The average molecular weight is 366 g/mol. The van der Waals surface area contributed by atoms with Crippen molar-refractivity contribution in [2.45, 2.75) is 0 Å². The number of aromatic hydroxyl groups is 2. The molecule has 4 aromatic rings. The van der Waals surface area contributed by atoms with Gasteiger partial charge < -0.3 is 10.2 Å². The summed E-state index contributed by atoms with van der Waals surface area (Å²) in [5, 5.41) is 19.4. The van der Waals surface area contributed by atoms with Gasteiger partial charge in [0.15, 0.2) is 5.78 Å². The van der Waals surface area contributed by atoms with Crippen molar-refractivity contribution < 1.29 is 15.0 Å². The van der Waals surface area contributed by atoms with Gasteiger partial charge in [-0.2, -0.15) is 0 Å². The molecule has 0 spiro atoms. The van der Waals surface area contributed by atoms with Gasteiger partial charge in [0.2, 0.25) is 0 Å². The Hall–Kier alpha value is -3.85. The SMILES string of the molecule is O=C(c1ccc(O)cc1)c1ccc(O)cc1-c1ccc(-c2ccccc2)cc1. The topological polar surface area (TPSA) is 57.5 Å². The summed E-state index contributed by atoms with van der Waals surface area (Å²) in [7, 11) is 0. The standard InChI is InChI=1S/C25H18O3/c26-21-12-10-20(11-13-21)25(28)23-15-14-22(27)16-24(23)19-8-6-18(7-9-19)17-4-2-1-3-5-17/h1-16,26-27H. The molecule has 0 unspecified atom stereocenters. The highest BCUT2D eigenvalue weighted by Gasteiger charge is 2.16. The molecule has 3 nitrogen and oxygen atoms in total. The van der Waals surface area contributed by atoms with Crippen LogP contribution in [0.4, 0.5) is 0 Å². The maximum absolute atomic E-state index is 13.0. The molecular weight excluding hydrogens is 348 g/mol. The number of hydrogen-bond acceptors (Lipinski definition) is 3. The van der Waals surface area contributed by atoms with Crippen LogP contribution in [-0.2, 0) is 0 Å². The number of carbonyl (C=O) groups excluding carboxylic acids is 1. The molecule has 0 radical (unpaired) electrons. The summed E-state index contributed by atoms with van der Waals surface area (Å²) in [6, 6.07) is 28.9. The Balaban J connectivity index is 1.74. The molecule has 0 aliphatic heterocycles. The van der Waals surface area contributed by atoms with Crippen molar-refractivity contribution in [3.05, 3.63) is 108 Å². The van der Waals surface area contributed by atoms with Crippen LogP contribution < -0.4 is 0 Å². The zero-order valence-electron chi connectivity index (χ0n) is 15.0. The summed E-state index contributed by atoms with van der Waals surface area (Å²) in [5.74, 6) is 0.0468. The van der Waals surface area contributed by atoms with Crippen LogP contribution in [0.5, 0.6) is 11.5 Å². The first-order chi connectivity index (χ1) is 13.6. The Labute approximate surface area is 163 Å². The van der Waals surface area contributed by atoms with E-state index >= 15 is 0 Å². The second-order valence-corrected chi connectivity index (χ2v) is 6.55. The van der Waals surface area contributed by atoms with E-state index in [1.54, 1.807) is 24.3 Å². The summed E-state index contributed by atoms with van der Waals surface area (Å²) in [6.07, 6.45) is 0. The van der Waals surface area contributed by atoms with E-state index in [9.17, 15) is 15.0 Å². The quantitative estimate of drug-likeness (QED) is 0.458. The van der Waals surface area contributed by atoms with E-state index in [0.717, 1.165) is 16.7 Å². The summed E-state index contributed by atoms with van der Waals surface area (Å²) in [4.78, 5) is 13.0. The summed E-state index contributed by atoms with van der Waals surface area (Å²) in [5.41, 5.74) is 4.68. The third kappa shape index (κ3) is 3.51. The lowest BCUT2D eigenvalue weighted by atomic mass is 9.92. The molecule has 136 valence electrons. The van der Waals surface area contributed by atoms with E-state index in [2.05, 4.69) is 0 Å². The van der Waals surface area contributed by atoms with Crippen LogP contribution in [-0.4, -0.2) is 16.0 Å². The number of ketones is 1. The van der Waals surface area contributed by atoms with Crippen LogP contribution >= 0.6 is 0 Å². The van der Waals surface area contributed by atoms with E-state index in [1.165, 1.54) is 18.2 Å². The maximum Gasteiger partial charge on any atom is 0.193 e. The summed E-state index contributed by atoms with van der Waals surface area (Å²) >= 11 is 0. The molecule has 0 amide bonds. The molecule has 28 heavy (non-hydrogen) atoms. The van der Waals surface area contributed by atoms with Crippen molar-refractivity contribution >= 4 is 5.78 Å². The zero-order chi connectivity index (χ0) is 19.5. The molecule has 0 aliphatic rings. The predicted octanol–water partition coefficient (Wildman–Crippen LogP) is 5.66. The molecule has 0 heterocycles. The molecule has 0 aromatic heterocycles. The van der Waals surface area contributed by atoms with Crippen molar-refractivity contribution in [2.24, 2.45) is 0 Å². The molecule has 0 aliphatic carbocycles. The van der Waals surface area contributed by atoms with Gasteiger partial charge in [-0.15, -0.1) is 0 Å². The van der Waals surface area contributed by atoms with E-state index < -0.39 is 0 Å². The third-order valence-electron chi connectivity index (χ3n) is 4.68. The van der Waals surface area contributed by atoms with Gasteiger partial charge in [0.1, 0.15) is 11.5 Å². The normalized spacial score (nSPS) is 10.6. The van der Waals surface area contributed by atoms with Gasteiger partial charge in [-0.3, -0.25) is 4.79 Å². The van der Waals surface area contributed by atoms with Crippen molar-refractivity contribution in [2.75, 3.05) is 0 Å². The lowest BCUT2D eigenvalue weighted by Crippen LogP contribution is -2.03. The minimum absolute atomic E-state index is 0.101. The van der Waals surface area contributed by atoms with Gasteiger partial charge in [0, 0.05) is 11.1 Å². The van der Waals surface area contributed by atoms with E-state index in [0.29, 0.717) is 16.7 Å². The van der Waals surface area contributed by atoms with Crippen LogP contribution in [0.2, 0.25) is 0 Å². The highest BCUT2D eigenvalue weighted by molar-refractivity contribution is 6.13. The minimum Gasteiger partial charge on any atom is -0.508 e. The lowest BCUT2D eigenvalue weighted by molar-refractivity contribution is 0.103. The van der Waals surface area contributed by atoms with Crippen LogP contribution in [0, 0.1) is 0 Å². The van der Waals surface area contributed by atoms with E-state index in [4.69, 9.17) is 0 Å². The molecule has 0 atom stereocenters. The van der Waals surface area contributed by atoms with Gasteiger partial charge >= 0.3 is 0 Å². The number of hydrogen-bond donors (Lipinski definition) is 2. The second kappa shape index (κ2) is 7.41. The second-order valence-electron chi connectivity index (χ2n) is 6.55. The fourth-order valence-corrected chi connectivity index (χ4v) is 3.21. The molecular formula is C25H18O3. The number of carbonyl (C=O) groups is 1. The average Bonchev–Trinajstić information content (AvgIpc) is 2.74. The first-order valence-corrected chi connectivity index (χ1v) is 8.94. The largest absolute Gasteiger partial charge is 0.508 e. The zero-order valence-corrected chi connectivity index (χ0v) is 15.0. The van der Waals surface area contributed by atoms with Crippen LogP contribution in [0.15, 0.2) is 97.1 Å². The van der Waals surface area contributed by atoms with Gasteiger partial charge in [0.25, 0.3) is 0 Å². The monoisotopic (exact) mass is 366 g/mol. The van der Waals surface area contributed by atoms with Gasteiger partial charge in [-0.25, -0.2) is 0 Å². The first-order valence-electron chi connectivity index (χ1n) is 8.94. The predicted molar refractivity (Wildman–Crippen MR) is 111 cm³/mol. The third-order valence-corrected chi connectivity index (χ3v) is 4.68. The first kappa shape index (κ1) is 17.6. The molecule has 0 fully saturated rings. The van der Waals surface area contributed by atoms with Crippen molar-refractivity contribution in [1.82, 2.24) is 0 Å². The Morgan fingerprint density at radius 3 is 1.82 bits per heavy atom. The summed E-state index contributed by atoms with van der Waals surface area (Å²) in [6.45, 7) is 0. The lowest BCUT2D eigenvalue weighted by Gasteiger charge is -2.11. The Bertz CT molecular complexity index is 1110. The smallest absolute Gasteiger partial charge is 0.193 e. The van der Waals surface area contributed by atoms with E-state index in [1.807, 2.05) is 54.6 Å². The number of phenols is 2. The molecule has 0 bridgehead atoms. The maximum atomic E-state index is 13.0. The van der Waals surface area contributed by atoms with Gasteiger partial charge in [-0.1, -0.05) is 54.6 Å². The van der Waals surface area contributed by atoms with Gasteiger partial charge in [0.05, 0.1) is 0 Å². The molecule has 2 N–H and O–H groups in total. The molecule has 3 heteroatoms. The molecule has 0 saturated carbocycles. The fraction of sp³-hybridized carbons (Fsp3) is 0. The van der Waals surface area contributed by atoms with Crippen molar-refractivity contribution in [3.8, 4) is 33.8 Å². The van der Waals surface area contributed by atoms with Gasteiger partial charge in [-0.05, 0) is 64.7 Å². The molecule has 0 saturated heterocycles. The van der Waals surface area contributed by atoms with Crippen molar-refractivity contribution in [3.63, 3.8) is 0 Å². The van der Waals surface area contributed by atoms with E-state index in [-0.39, 0.29) is 17.3 Å². The van der Waals surface area contributed by atoms with Crippen LogP contribution in [0.3, 0.4) is 0 Å². The Morgan fingerprint density at radius 2 is 1.14 bits per heavy atom. The number of rotatable bonds is 4. The Kier molecular flexibility index (Phi) is 4.65. The van der Waals surface area contributed by atoms with Crippen molar-refractivity contribution in [1.29, 1.82) is 0 Å². The molecule has 4 rings (SSSR count). The fourth-order valence-electron chi connectivity index (χ4n) is 3.21. The minimum atomic E-state index is -0.165.